The summed E-state index contributed by atoms with van der Waals surface area (Å²) in [7, 11) is 3.51. The van der Waals surface area contributed by atoms with E-state index in [1.165, 1.54) is 27.5 Å². The largest absolute Gasteiger partial charge is 0.383 e. The van der Waals surface area contributed by atoms with Crippen LogP contribution in [0.5, 0.6) is 0 Å². The van der Waals surface area contributed by atoms with Crippen LogP contribution in [0.4, 0.5) is 0 Å². The van der Waals surface area contributed by atoms with Gasteiger partial charge in [0.05, 0.1) is 18.6 Å². The van der Waals surface area contributed by atoms with Crippen LogP contribution in [-0.2, 0) is 14.9 Å². The lowest BCUT2D eigenvalue weighted by atomic mass is 9.78. The summed E-state index contributed by atoms with van der Waals surface area (Å²) in [6.07, 6.45) is 2.29. The molecule has 0 fully saturated rings. The Labute approximate surface area is 120 Å². The topological polar surface area (TPSA) is 18.5 Å². The van der Waals surface area contributed by atoms with Crippen LogP contribution in [0.2, 0.25) is 0 Å². The minimum atomic E-state index is -0.150. The molecule has 2 aromatic rings. The molecule has 2 heteroatoms. The molecule has 0 bridgehead atoms. The number of methoxy groups -OCH3 is 2. The molecule has 0 spiro atoms. The average molecular weight is 268 g/mol. The molecule has 1 aliphatic carbocycles. The van der Waals surface area contributed by atoms with Crippen LogP contribution in [0.1, 0.15) is 18.1 Å². The monoisotopic (exact) mass is 268 g/mol. The summed E-state index contributed by atoms with van der Waals surface area (Å²) in [6, 6.07) is 12.9. The molecule has 0 radical (unpaired) electrons. The summed E-state index contributed by atoms with van der Waals surface area (Å²) >= 11 is 0. The first-order valence-corrected chi connectivity index (χ1v) is 6.92. The van der Waals surface area contributed by atoms with Crippen molar-refractivity contribution in [1.29, 1.82) is 0 Å². The quantitative estimate of drug-likeness (QED) is 0.840. The summed E-state index contributed by atoms with van der Waals surface area (Å²) in [5, 5.41) is 2.58. The van der Waals surface area contributed by atoms with E-state index in [1.807, 2.05) is 0 Å². The normalized spacial score (nSPS) is 16.2. The highest BCUT2D eigenvalue weighted by atomic mass is 16.5. The van der Waals surface area contributed by atoms with Gasteiger partial charge in [-0.15, -0.1) is 0 Å². The van der Waals surface area contributed by atoms with E-state index >= 15 is 0 Å². The first kappa shape index (κ1) is 13.3. The van der Waals surface area contributed by atoms with Gasteiger partial charge in [0.25, 0.3) is 0 Å². The molecule has 20 heavy (non-hydrogen) atoms. The van der Waals surface area contributed by atoms with Crippen molar-refractivity contribution in [2.24, 2.45) is 0 Å². The van der Waals surface area contributed by atoms with Gasteiger partial charge in [-0.3, -0.25) is 0 Å². The zero-order valence-electron chi connectivity index (χ0n) is 12.3. The number of fused-ring (bicyclic) bond motifs is 3. The van der Waals surface area contributed by atoms with Crippen molar-refractivity contribution >= 4 is 16.8 Å². The van der Waals surface area contributed by atoms with Crippen LogP contribution >= 0.6 is 0 Å². The van der Waals surface area contributed by atoms with Crippen molar-refractivity contribution in [3.8, 4) is 0 Å². The maximum atomic E-state index is 5.50. The fourth-order valence-corrected chi connectivity index (χ4v) is 3.35. The molecule has 0 saturated heterocycles. The Balaban J connectivity index is 2.25. The minimum Gasteiger partial charge on any atom is -0.383 e. The molecule has 2 nitrogen and oxygen atoms in total. The predicted molar refractivity (Wildman–Crippen MR) is 83.0 cm³/mol. The van der Waals surface area contributed by atoms with Crippen molar-refractivity contribution in [2.45, 2.75) is 12.3 Å². The van der Waals surface area contributed by atoms with Crippen molar-refractivity contribution < 1.29 is 9.47 Å². The third-order valence-electron chi connectivity index (χ3n) is 4.38. The van der Waals surface area contributed by atoms with Crippen LogP contribution < -0.4 is 0 Å². The molecule has 0 saturated carbocycles. The zero-order chi connectivity index (χ0) is 14.2. The second kappa shape index (κ2) is 5.04. The molecule has 0 N–H and O–H groups in total. The standard InChI is InChI=1S/C18H20O2/c1-13-10-16-15-7-5-4-6-14(15)8-9-17(16)18(13,11-19-2)12-20-3/h4-10H,11-12H2,1-3H3. The van der Waals surface area contributed by atoms with E-state index < -0.39 is 0 Å². The van der Waals surface area contributed by atoms with Crippen LogP contribution in [0, 0.1) is 0 Å². The maximum Gasteiger partial charge on any atom is 0.0635 e. The molecule has 0 unspecified atom stereocenters. The highest BCUT2D eigenvalue weighted by Gasteiger charge is 2.40. The van der Waals surface area contributed by atoms with E-state index in [0.717, 1.165) is 0 Å². The summed E-state index contributed by atoms with van der Waals surface area (Å²) in [5.74, 6) is 0. The van der Waals surface area contributed by atoms with Crippen LogP contribution in [0.15, 0.2) is 42.0 Å². The van der Waals surface area contributed by atoms with Gasteiger partial charge in [-0.2, -0.15) is 0 Å². The van der Waals surface area contributed by atoms with Crippen LogP contribution in [0.3, 0.4) is 0 Å². The molecule has 3 rings (SSSR count). The zero-order valence-corrected chi connectivity index (χ0v) is 12.3. The highest BCUT2D eigenvalue weighted by molar-refractivity contribution is 5.95. The smallest absolute Gasteiger partial charge is 0.0635 e. The molecule has 0 aromatic heterocycles. The summed E-state index contributed by atoms with van der Waals surface area (Å²) in [5.41, 5.74) is 3.79. The van der Waals surface area contributed by atoms with Gasteiger partial charge in [-0.05, 0) is 28.8 Å². The van der Waals surface area contributed by atoms with Crippen molar-refractivity contribution in [3.05, 3.63) is 53.1 Å². The number of rotatable bonds is 4. The Bertz CT molecular complexity index is 664. The Morgan fingerprint density at radius 2 is 1.65 bits per heavy atom. The second-order valence-corrected chi connectivity index (χ2v) is 5.52. The molecular formula is C18H20O2. The second-order valence-electron chi connectivity index (χ2n) is 5.52. The summed E-state index contributed by atoms with van der Waals surface area (Å²) in [6.45, 7) is 3.47. The summed E-state index contributed by atoms with van der Waals surface area (Å²) < 4.78 is 11.0. The van der Waals surface area contributed by atoms with Gasteiger partial charge in [0.2, 0.25) is 0 Å². The molecule has 2 aromatic carbocycles. The highest BCUT2D eigenvalue weighted by Crippen LogP contribution is 2.44. The Morgan fingerprint density at radius 3 is 2.35 bits per heavy atom. The fraction of sp³-hybridized carbons (Fsp3) is 0.333. The Hall–Kier alpha value is -1.64. The molecule has 0 atom stereocenters. The van der Waals surface area contributed by atoms with E-state index in [0.29, 0.717) is 13.2 Å². The van der Waals surface area contributed by atoms with Gasteiger partial charge >= 0.3 is 0 Å². The first-order valence-electron chi connectivity index (χ1n) is 6.92. The van der Waals surface area contributed by atoms with E-state index in [9.17, 15) is 0 Å². The Kier molecular flexibility index (Phi) is 3.36. The van der Waals surface area contributed by atoms with Gasteiger partial charge < -0.3 is 9.47 Å². The lowest BCUT2D eigenvalue weighted by Crippen LogP contribution is -2.36. The predicted octanol–water partition coefficient (Wildman–Crippen LogP) is 3.79. The summed E-state index contributed by atoms with van der Waals surface area (Å²) in [4.78, 5) is 0. The van der Waals surface area contributed by atoms with Gasteiger partial charge in [-0.25, -0.2) is 0 Å². The van der Waals surface area contributed by atoms with Gasteiger partial charge in [-0.1, -0.05) is 48.0 Å². The lowest BCUT2D eigenvalue weighted by molar-refractivity contribution is 0.0792. The molecular weight excluding hydrogens is 248 g/mol. The van der Waals surface area contributed by atoms with Gasteiger partial charge in [0, 0.05) is 14.2 Å². The molecule has 0 heterocycles. The number of benzene rings is 2. The molecule has 0 amide bonds. The van der Waals surface area contributed by atoms with Crippen LogP contribution in [-0.4, -0.2) is 27.4 Å². The van der Waals surface area contributed by atoms with E-state index in [2.05, 4.69) is 49.4 Å². The number of ether oxygens (including phenoxy) is 2. The maximum absolute atomic E-state index is 5.50. The lowest BCUT2D eigenvalue weighted by Gasteiger charge is -2.31. The van der Waals surface area contributed by atoms with E-state index in [-0.39, 0.29) is 5.41 Å². The van der Waals surface area contributed by atoms with Crippen molar-refractivity contribution in [1.82, 2.24) is 0 Å². The first-order chi connectivity index (χ1) is 9.73. The van der Waals surface area contributed by atoms with E-state index in [1.54, 1.807) is 14.2 Å². The van der Waals surface area contributed by atoms with E-state index in [4.69, 9.17) is 9.47 Å². The third kappa shape index (κ3) is 1.80. The molecule has 0 aliphatic heterocycles. The third-order valence-corrected chi connectivity index (χ3v) is 4.38. The molecule has 104 valence electrons. The minimum absolute atomic E-state index is 0.150. The average Bonchev–Trinajstić information content (AvgIpc) is 2.73. The van der Waals surface area contributed by atoms with Crippen molar-refractivity contribution in [2.75, 3.05) is 27.4 Å². The Morgan fingerprint density at radius 1 is 0.950 bits per heavy atom. The number of hydrogen-bond acceptors (Lipinski definition) is 2. The van der Waals surface area contributed by atoms with Gasteiger partial charge in [0.1, 0.15) is 0 Å². The van der Waals surface area contributed by atoms with Crippen molar-refractivity contribution in [3.63, 3.8) is 0 Å². The molecule has 1 aliphatic rings. The fourth-order valence-electron chi connectivity index (χ4n) is 3.35. The van der Waals surface area contributed by atoms with Crippen LogP contribution in [0.25, 0.3) is 16.8 Å². The SMILES string of the molecule is COCC1(COC)C(C)=Cc2c1ccc1ccccc21. The van der Waals surface area contributed by atoms with Gasteiger partial charge in [0.15, 0.2) is 0 Å². The number of hydrogen-bond donors (Lipinski definition) is 0.